The number of rotatable bonds is 7. The molecule has 6 nitrogen and oxygen atoms in total. The second-order valence-corrected chi connectivity index (χ2v) is 7.46. The topological polar surface area (TPSA) is 63.4 Å². The van der Waals surface area contributed by atoms with Crippen LogP contribution in [0.25, 0.3) is 17.0 Å². The van der Waals surface area contributed by atoms with Gasteiger partial charge in [-0.15, -0.1) is 6.58 Å². The molecule has 0 saturated heterocycles. The summed E-state index contributed by atoms with van der Waals surface area (Å²) in [4.78, 5) is 6.70. The van der Waals surface area contributed by atoms with Crippen molar-refractivity contribution in [2.45, 2.75) is 19.9 Å². The summed E-state index contributed by atoms with van der Waals surface area (Å²) in [6.07, 6.45) is 1.82. The van der Waals surface area contributed by atoms with Crippen molar-refractivity contribution in [2.24, 2.45) is 0 Å². The lowest BCUT2D eigenvalue weighted by Crippen LogP contribution is -2.45. The van der Waals surface area contributed by atoms with Crippen LogP contribution in [0, 0.1) is 0 Å². The minimum absolute atomic E-state index is 0.191. The van der Waals surface area contributed by atoms with Crippen LogP contribution in [0.15, 0.2) is 77.5 Å². The summed E-state index contributed by atoms with van der Waals surface area (Å²) in [5, 5.41) is 8.29. The van der Waals surface area contributed by atoms with Gasteiger partial charge in [0.2, 0.25) is 5.82 Å². The molecule has 0 spiro atoms. The summed E-state index contributed by atoms with van der Waals surface area (Å²) in [5.41, 5.74) is 3.78. The van der Waals surface area contributed by atoms with Crippen molar-refractivity contribution in [3.63, 3.8) is 0 Å². The van der Waals surface area contributed by atoms with Crippen molar-refractivity contribution in [3.05, 3.63) is 84.4 Å². The molecular weight excluding hydrogens is 408 g/mol. The Bertz CT molecular complexity index is 1110. The second-order valence-electron chi connectivity index (χ2n) is 7.07. The molecular formula is C24H24N4O2S. The van der Waals surface area contributed by atoms with Gasteiger partial charge in [0.1, 0.15) is 5.75 Å². The van der Waals surface area contributed by atoms with Crippen molar-refractivity contribution in [1.29, 1.82) is 0 Å². The highest BCUT2D eigenvalue weighted by atomic mass is 32.1. The molecule has 7 heteroatoms. The zero-order valence-electron chi connectivity index (χ0n) is 17.5. The Morgan fingerprint density at radius 3 is 2.61 bits per heavy atom. The molecule has 0 fully saturated rings. The Kier molecular flexibility index (Phi) is 6.13. The molecule has 4 rings (SSSR count). The summed E-state index contributed by atoms with van der Waals surface area (Å²) in [7, 11) is 0. The lowest BCUT2D eigenvalue weighted by Gasteiger charge is -2.36. The normalized spacial score (nSPS) is 16.3. The summed E-state index contributed by atoms with van der Waals surface area (Å²) in [6, 6.07) is 17.6. The maximum absolute atomic E-state index is 5.73. The van der Waals surface area contributed by atoms with Gasteiger partial charge < -0.3 is 19.5 Å². The van der Waals surface area contributed by atoms with E-state index in [4.69, 9.17) is 26.5 Å². The zero-order valence-corrected chi connectivity index (χ0v) is 18.4. The molecule has 0 amide bonds. The molecule has 31 heavy (non-hydrogen) atoms. The Balaban J connectivity index is 1.75. The SMILES string of the molecule is C=CCN1C(=S)NC(c2ccccc2)C(c2nc(-c3ccc(OCC)cc3)no2)=C1C. The Morgan fingerprint density at radius 1 is 1.19 bits per heavy atom. The van der Waals surface area contributed by atoms with Gasteiger partial charge in [0.15, 0.2) is 5.11 Å². The van der Waals surface area contributed by atoms with Crippen molar-refractivity contribution in [3.8, 4) is 17.1 Å². The van der Waals surface area contributed by atoms with Gasteiger partial charge in [-0.1, -0.05) is 41.6 Å². The number of hydrogen-bond donors (Lipinski definition) is 1. The van der Waals surface area contributed by atoms with E-state index in [1.807, 2.05) is 67.3 Å². The molecule has 1 atom stereocenters. The predicted octanol–water partition coefficient (Wildman–Crippen LogP) is 4.98. The molecule has 0 saturated carbocycles. The fourth-order valence-corrected chi connectivity index (χ4v) is 3.95. The van der Waals surface area contributed by atoms with Gasteiger partial charge in [0.05, 0.1) is 18.2 Å². The van der Waals surface area contributed by atoms with E-state index in [-0.39, 0.29) is 6.04 Å². The largest absolute Gasteiger partial charge is 0.494 e. The van der Waals surface area contributed by atoms with Crippen LogP contribution in [0.5, 0.6) is 5.75 Å². The first-order valence-electron chi connectivity index (χ1n) is 10.1. The molecule has 1 aliphatic heterocycles. The summed E-state index contributed by atoms with van der Waals surface area (Å²) in [6.45, 7) is 9.03. The van der Waals surface area contributed by atoms with Gasteiger partial charge in [0, 0.05) is 17.8 Å². The van der Waals surface area contributed by atoms with Crippen LogP contribution in [0.2, 0.25) is 0 Å². The maximum Gasteiger partial charge on any atom is 0.258 e. The molecule has 1 aromatic heterocycles. The van der Waals surface area contributed by atoms with Gasteiger partial charge in [-0.3, -0.25) is 0 Å². The molecule has 0 bridgehead atoms. The Labute approximate surface area is 187 Å². The summed E-state index contributed by atoms with van der Waals surface area (Å²) >= 11 is 5.62. The number of thiocarbonyl (C=S) groups is 1. The van der Waals surface area contributed by atoms with Crippen LogP contribution in [-0.2, 0) is 0 Å². The van der Waals surface area contributed by atoms with Crippen LogP contribution in [0.1, 0.15) is 31.3 Å². The number of ether oxygens (including phenoxy) is 1. The Hall–Kier alpha value is -3.45. The highest BCUT2D eigenvalue weighted by Crippen LogP contribution is 2.37. The molecule has 158 valence electrons. The summed E-state index contributed by atoms with van der Waals surface area (Å²) < 4.78 is 11.2. The van der Waals surface area contributed by atoms with E-state index >= 15 is 0 Å². The quantitative estimate of drug-likeness (QED) is 0.417. The van der Waals surface area contributed by atoms with Gasteiger partial charge in [0.25, 0.3) is 5.89 Å². The number of nitrogens with zero attached hydrogens (tertiary/aromatic N) is 3. The average Bonchev–Trinajstić information content (AvgIpc) is 3.27. The zero-order chi connectivity index (χ0) is 21.8. The predicted molar refractivity (Wildman–Crippen MR) is 125 cm³/mol. The lowest BCUT2D eigenvalue weighted by molar-refractivity contribution is 0.340. The minimum Gasteiger partial charge on any atom is -0.494 e. The first kappa shape index (κ1) is 20.8. The molecule has 1 N–H and O–H groups in total. The van der Waals surface area contributed by atoms with E-state index < -0.39 is 0 Å². The number of hydrogen-bond acceptors (Lipinski definition) is 5. The third-order valence-corrected chi connectivity index (χ3v) is 5.46. The fraction of sp³-hybridized carbons (Fsp3) is 0.208. The van der Waals surface area contributed by atoms with E-state index in [0.29, 0.717) is 30.0 Å². The van der Waals surface area contributed by atoms with Crippen molar-refractivity contribution in [2.75, 3.05) is 13.2 Å². The van der Waals surface area contributed by atoms with Crippen molar-refractivity contribution < 1.29 is 9.26 Å². The van der Waals surface area contributed by atoms with Gasteiger partial charge in [-0.2, -0.15) is 4.98 Å². The number of aromatic nitrogens is 2. The standard InChI is InChI=1S/C24H24N4O2S/c1-4-15-28-16(3)20(21(25-24(28)31)17-9-7-6-8-10-17)23-26-22(27-30-23)18-11-13-19(14-12-18)29-5-2/h4,6-14,21H,1,5,15H2,2-3H3,(H,25,31). The minimum atomic E-state index is -0.191. The van der Waals surface area contributed by atoms with E-state index in [1.54, 1.807) is 0 Å². The molecule has 0 radical (unpaired) electrons. The van der Waals surface area contributed by atoms with Crippen LogP contribution in [-0.4, -0.2) is 33.3 Å². The van der Waals surface area contributed by atoms with E-state index in [1.165, 1.54) is 0 Å². The average molecular weight is 433 g/mol. The van der Waals surface area contributed by atoms with Gasteiger partial charge in [-0.25, -0.2) is 0 Å². The second kappa shape index (κ2) is 9.14. The first-order valence-corrected chi connectivity index (χ1v) is 10.5. The summed E-state index contributed by atoms with van der Waals surface area (Å²) in [5.74, 6) is 1.79. The maximum atomic E-state index is 5.73. The molecule has 2 heterocycles. The van der Waals surface area contributed by atoms with E-state index in [9.17, 15) is 0 Å². The molecule has 2 aromatic carbocycles. The first-order chi connectivity index (χ1) is 15.1. The van der Waals surface area contributed by atoms with Crippen molar-refractivity contribution >= 4 is 22.9 Å². The molecule has 1 aliphatic rings. The third kappa shape index (κ3) is 4.22. The van der Waals surface area contributed by atoms with Crippen molar-refractivity contribution in [1.82, 2.24) is 20.4 Å². The number of nitrogens with one attached hydrogen (secondary N) is 1. The van der Waals surface area contributed by atoms with Gasteiger partial charge in [-0.05, 0) is 55.9 Å². The lowest BCUT2D eigenvalue weighted by atomic mass is 9.95. The van der Waals surface area contributed by atoms with Crippen LogP contribution < -0.4 is 10.1 Å². The van der Waals surface area contributed by atoms with E-state index in [2.05, 4.69) is 29.2 Å². The van der Waals surface area contributed by atoms with Gasteiger partial charge >= 0.3 is 0 Å². The molecule has 1 unspecified atom stereocenters. The number of benzene rings is 2. The van der Waals surface area contributed by atoms with Crippen LogP contribution >= 0.6 is 12.2 Å². The highest BCUT2D eigenvalue weighted by molar-refractivity contribution is 7.80. The smallest absolute Gasteiger partial charge is 0.258 e. The van der Waals surface area contributed by atoms with E-state index in [0.717, 1.165) is 28.1 Å². The third-order valence-electron chi connectivity index (χ3n) is 5.12. The van der Waals surface area contributed by atoms with Crippen LogP contribution in [0.4, 0.5) is 0 Å². The van der Waals surface area contributed by atoms with Crippen LogP contribution in [0.3, 0.4) is 0 Å². The monoisotopic (exact) mass is 432 g/mol. The number of allylic oxidation sites excluding steroid dienone is 1. The highest BCUT2D eigenvalue weighted by Gasteiger charge is 2.33. The Morgan fingerprint density at radius 2 is 1.94 bits per heavy atom. The molecule has 0 aliphatic carbocycles. The fourth-order valence-electron chi connectivity index (χ4n) is 3.62. The molecule has 3 aromatic rings.